The second-order valence-electron chi connectivity index (χ2n) is 7.63. The van der Waals surface area contributed by atoms with E-state index in [0.717, 1.165) is 25.7 Å². The fraction of sp³-hybridized carbons (Fsp3) is 0.417. The van der Waals surface area contributed by atoms with E-state index in [1.54, 1.807) is 0 Å². The number of terminal acetylenes is 1. The Bertz CT molecular complexity index is 667. The number of benzene rings is 2. The summed E-state index contributed by atoms with van der Waals surface area (Å²) in [6.07, 6.45) is 15.6. The summed E-state index contributed by atoms with van der Waals surface area (Å²) >= 11 is 0. The van der Waals surface area contributed by atoms with Gasteiger partial charge in [-0.25, -0.2) is 0 Å². The van der Waals surface area contributed by atoms with Crippen LogP contribution < -0.4 is 10.4 Å². The van der Waals surface area contributed by atoms with Gasteiger partial charge in [-0.05, 0) is 42.6 Å². The molecule has 0 aromatic heterocycles. The van der Waals surface area contributed by atoms with Crippen molar-refractivity contribution in [3.63, 3.8) is 0 Å². The summed E-state index contributed by atoms with van der Waals surface area (Å²) < 4.78 is 7.08. The molecule has 0 N–H and O–H groups in total. The molecule has 0 aliphatic heterocycles. The normalized spacial score (nSPS) is 18.2. The average Bonchev–Trinajstić information content (AvgIpc) is 2.82. The molecular weight excluding hydrogens is 332 g/mol. The summed E-state index contributed by atoms with van der Waals surface area (Å²) in [5.41, 5.74) is -0.434. The second kappa shape index (κ2) is 8.71. The third kappa shape index (κ3) is 4.28. The van der Waals surface area contributed by atoms with Crippen molar-refractivity contribution >= 4 is 18.7 Å². The molecule has 136 valence electrons. The monoisotopic (exact) mass is 362 g/mol. The van der Waals surface area contributed by atoms with Gasteiger partial charge in [0.1, 0.15) is 5.60 Å². The Morgan fingerprint density at radius 1 is 0.769 bits per heavy atom. The molecular formula is C24H30OSi. The lowest BCUT2D eigenvalue weighted by Crippen LogP contribution is -2.62. The summed E-state index contributed by atoms with van der Waals surface area (Å²) in [7, 11) is -2.38. The molecule has 3 rings (SSSR count). The number of hydrogen-bond acceptors (Lipinski definition) is 1. The van der Waals surface area contributed by atoms with Crippen LogP contribution in [0.5, 0.6) is 0 Å². The van der Waals surface area contributed by atoms with Crippen LogP contribution in [0.25, 0.3) is 0 Å². The van der Waals surface area contributed by atoms with Gasteiger partial charge in [0.2, 0.25) is 0 Å². The van der Waals surface area contributed by atoms with Crippen molar-refractivity contribution in [1.29, 1.82) is 0 Å². The summed E-state index contributed by atoms with van der Waals surface area (Å²) in [6.45, 7) is 2.31. The fourth-order valence-electron chi connectivity index (χ4n) is 4.12. The van der Waals surface area contributed by atoms with Gasteiger partial charge in [0.15, 0.2) is 0 Å². The molecule has 0 bridgehead atoms. The van der Waals surface area contributed by atoms with Gasteiger partial charge in [0.25, 0.3) is 8.32 Å². The minimum atomic E-state index is -2.38. The smallest absolute Gasteiger partial charge is 0.254 e. The van der Waals surface area contributed by atoms with Crippen LogP contribution in [0.1, 0.15) is 51.4 Å². The van der Waals surface area contributed by atoms with Crippen LogP contribution in [-0.2, 0) is 4.43 Å². The van der Waals surface area contributed by atoms with Gasteiger partial charge in [-0.15, -0.1) is 6.42 Å². The molecule has 0 radical (unpaired) electrons. The largest absolute Gasteiger partial charge is 0.392 e. The highest BCUT2D eigenvalue weighted by Crippen LogP contribution is 2.31. The summed E-state index contributed by atoms with van der Waals surface area (Å²) in [5, 5.41) is 2.58. The maximum absolute atomic E-state index is 7.08. The van der Waals surface area contributed by atoms with Crippen LogP contribution in [0.2, 0.25) is 6.55 Å². The van der Waals surface area contributed by atoms with Crippen LogP contribution in [0.4, 0.5) is 0 Å². The van der Waals surface area contributed by atoms with Gasteiger partial charge in [0, 0.05) is 0 Å². The Balaban J connectivity index is 2.00. The van der Waals surface area contributed by atoms with Crippen LogP contribution in [0.3, 0.4) is 0 Å². The van der Waals surface area contributed by atoms with Crippen LogP contribution in [-0.4, -0.2) is 13.9 Å². The number of rotatable bonds is 4. The molecule has 2 heteroatoms. The Hall–Kier alpha value is -1.82. The van der Waals surface area contributed by atoms with E-state index in [2.05, 4.69) is 73.1 Å². The molecule has 0 atom stereocenters. The van der Waals surface area contributed by atoms with Crippen molar-refractivity contribution in [2.24, 2.45) is 0 Å². The number of hydrogen-bond donors (Lipinski definition) is 0. The first-order valence-corrected chi connectivity index (χ1v) is 12.4. The highest BCUT2D eigenvalue weighted by molar-refractivity contribution is 6.96. The van der Waals surface area contributed by atoms with E-state index in [9.17, 15) is 0 Å². The van der Waals surface area contributed by atoms with Crippen molar-refractivity contribution in [3.05, 3.63) is 60.7 Å². The first-order chi connectivity index (χ1) is 12.7. The molecule has 2 aromatic carbocycles. The van der Waals surface area contributed by atoms with Crippen LogP contribution >= 0.6 is 0 Å². The molecule has 1 saturated carbocycles. The van der Waals surface area contributed by atoms with Crippen LogP contribution in [0, 0.1) is 12.3 Å². The van der Waals surface area contributed by atoms with Crippen molar-refractivity contribution < 1.29 is 4.43 Å². The van der Waals surface area contributed by atoms with Crippen molar-refractivity contribution in [3.8, 4) is 12.3 Å². The molecule has 1 aliphatic carbocycles. The molecule has 2 aromatic rings. The van der Waals surface area contributed by atoms with Gasteiger partial charge in [-0.2, -0.15) is 0 Å². The van der Waals surface area contributed by atoms with Gasteiger partial charge in [-0.1, -0.05) is 92.3 Å². The minimum Gasteiger partial charge on any atom is -0.392 e. The molecule has 1 nitrogen and oxygen atoms in total. The fourth-order valence-corrected chi connectivity index (χ4v) is 7.39. The Kier molecular flexibility index (Phi) is 6.35. The highest BCUT2D eigenvalue weighted by atomic mass is 28.4. The average molecular weight is 363 g/mol. The lowest BCUT2D eigenvalue weighted by molar-refractivity contribution is 0.102. The summed E-state index contributed by atoms with van der Waals surface area (Å²) in [6, 6.07) is 21.4. The van der Waals surface area contributed by atoms with Gasteiger partial charge < -0.3 is 4.43 Å². The van der Waals surface area contributed by atoms with E-state index < -0.39 is 13.9 Å². The van der Waals surface area contributed by atoms with Crippen molar-refractivity contribution in [1.82, 2.24) is 0 Å². The van der Waals surface area contributed by atoms with Gasteiger partial charge in [-0.3, -0.25) is 0 Å². The van der Waals surface area contributed by atoms with E-state index in [1.807, 2.05) is 0 Å². The molecule has 0 unspecified atom stereocenters. The van der Waals surface area contributed by atoms with E-state index in [1.165, 1.54) is 36.1 Å². The molecule has 26 heavy (non-hydrogen) atoms. The van der Waals surface area contributed by atoms with E-state index in [0.29, 0.717) is 0 Å². The lowest BCUT2D eigenvalue weighted by Gasteiger charge is -2.39. The lowest BCUT2D eigenvalue weighted by atomic mass is 9.93. The predicted octanol–water partition coefficient (Wildman–Crippen LogP) is 4.90. The molecule has 0 heterocycles. The Labute approximate surface area is 159 Å². The minimum absolute atomic E-state index is 0.434. The topological polar surface area (TPSA) is 9.23 Å². The second-order valence-corrected chi connectivity index (χ2v) is 11.1. The summed E-state index contributed by atoms with van der Waals surface area (Å²) in [4.78, 5) is 0. The SMILES string of the molecule is C#CC1(O[Si](C)(c2ccccc2)c2ccccc2)CCCCCCCC1. The quantitative estimate of drug-likeness (QED) is 0.555. The predicted molar refractivity (Wildman–Crippen MR) is 113 cm³/mol. The van der Waals surface area contributed by atoms with Crippen molar-refractivity contribution in [2.75, 3.05) is 0 Å². The highest BCUT2D eigenvalue weighted by Gasteiger charge is 2.42. The van der Waals surface area contributed by atoms with E-state index >= 15 is 0 Å². The zero-order valence-corrected chi connectivity index (χ0v) is 16.9. The Morgan fingerprint density at radius 3 is 1.62 bits per heavy atom. The molecule has 1 aliphatic rings. The molecule has 1 fully saturated rings. The third-order valence-electron chi connectivity index (χ3n) is 5.72. The third-order valence-corrected chi connectivity index (χ3v) is 9.39. The summed E-state index contributed by atoms with van der Waals surface area (Å²) in [5.74, 6) is 3.12. The van der Waals surface area contributed by atoms with Gasteiger partial charge >= 0.3 is 0 Å². The zero-order chi connectivity index (χ0) is 18.3. The maximum Gasteiger partial charge on any atom is 0.254 e. The zero-order valence-electron chi connectivity index (χ0n) is 15.9. The van der Waals surface area contributed by atoms with Crippen LogP contribution in [0.15, 0.2) is 60.7 Å². The first kappa shape index (κ1) is 19.0. The molecule has 0 amide bonds. The standard InChI is InChI=1S/C24H30OSi/c1-3-24(20-14-6-4-5-7-15-21-24)25-26(2,22-16-10-8-11-17-22)23-18-12-9-13-19-23/h1,8-13,16-19H,4-7,14-15,20-21H2,2H3. The first-order valence-electron chi connectivity index (χ1n) is 9.98. The molecule has 0 spiro atoms. The Morgan fingerprint density at radius 2 is 1.19 bits per heavy atom. The van der Waals surface area contributed by atoms with Crippen molar-refractivity contribution in [2.45, 2.75) is 63.5 Å². The van der Waals surface area contributed by atoms with Gasteiger partial charge in [0.05, 0.1) is 0 Å². The van der Waals surface area contributed by atoms with E-state index in [4.69, 9.17) is 10.8 Å². The molecule has 0 saturated heterocycles. The maximum atomic E-state index is 7.08. The van der Waals surface area contributed by atoms with E-state index in [-0.39, 0.29) is 0 Å².